The molecule has 0 saturated carbocycles. The molecule has 0 saturated heterocycles. The van der Waals surface area contributed by atoms with Crippen molar-refractivity contribution in [3.8, 4) is 0 Å². The van der Waals surface area contributed by atoms with E-state index < -0.39 is 10.5 Å². The van der Waals surface area contributed by atoms with E-state index in [0.717, 1.165) is 11.3 Å². The van der Waals surface area contributed by atoms with E-state index in [4.69, 9.17) is 0 Å². The Labute approximate surface area is 190 Å². The highest BCUT2D eigenvalue weighted by atomic mass is 32.1. The Bertz CT molecular complexity index is 1520. The standard InChI is InChI=1S/C24H16N4O4S/c29-21-20(15-16-11-13-19(14-12-16)28(31)32)33-23-25-22(26-27(21)23)24(30,17-7-3-1-4-8-17)18-9-5-2-6-10-18/h1-15,30H/b20-15+. The lowest BCUT2D eigenvalue weighted by molar-refractivity contribution is -0.384. The minimum absolute atomic E-state index is 0.0251. The van der Waals surface area contributed by atoms with E-state index in [-0.39, 0.29) is 17.1 Å². The van der Waals surface area contributed by atoms with Crippen LogP contribution in [-0.2, 0) is 5.60 Å². The van der Waals surface area contributed by atoms with Gasteiger partial charge in [0.2, 0.25) is 4.96 Å². The van der Waals surface area contributed by atoms with Gasteiger partial charge in [-0.15, -0.1) is 5.10 Å². The summed E-state index contributed by atoms with van der Waals surface area (Å²) in [5.74, 6) is 0.102. The van der Waals surface area contributed by atoms with Crippen LogP contribution in [0, 0.1) is 10.1 Å². The molecule has 0 fully saturated rings. The van der Waals surface area contributed by atoms with Gasteiger partial charge in [0, 0.05) is 12.1 Å². The average molecular weight is 456 g/mol. The number of nitro groups is 1. The SMILES string of the molecule is O=c1/c(=C\c2ccc([N+](=O)[O-])cc2)sc2nc(C(O)(c3ccccc3)c3ccccc3)nn12. The van der Waals surface area contributed by atoms with E-state index in [1.807, 2.05) is 36.4 Å². The average Bonchev–Trinajstić information content (AvgIpc) is 3.39. The van der Waals surface area contributed by atoms with Crippen molar-refractivity contribution in [1.29, 1.82) is 0 Å². The number of rotatable bonds is 5. The van der Waals surface area contributed by atoms with Crippen molar-refractivity contribution in [3.05, 3.63) is 132 Å². The number of thiazole rings is 1. The minimum Gasteiger partial charge on any atom is -0.373 e. The van der Waals surface area contributed by atoms with Crippen LogP contribution in [0.3, 0.4) is 0 Å². The zero-order valence-electron chi connectivity index (χ0n) is 17.0. The molecule has 9 heteroatoms. The molecule has 0 atom stereocenters. The van der Waals surface area contributed by atoms with E-state index in [1.54, 1.807) is 42.5 Å². The van der Waals surface area contributed by atoms with Gasteiger partial charge < -0.3 is 5.11 Å². The van der Waals surface area contributed by atoms with Crippen molar-refractivity contribution >= 4 is 28.1 Å². The van der Waals surface area contributed by atoms with E-state index >= 15 is 0 Å². The lowest BCUT2D eigenvalue weighted by Crippen LogP contribution is -2.31. The first-order valence-electron chi connectivity index (χ1n) is 9.96. The van der Waals surface area contributed by atoms with Crippen molar-refractivity contribution in [1.82, 2.24) is 14.6 Å². The molecule has 162 valence electrons. The molecule has 0 spiro atoms. The van der Waals surface area contributed by atoms with Crippen molar-refractivity contribution in [2.75, 3.05) is 0 Å². The van der Waals surface area contributed by atoms with Crippen LogP contribution in [-0.4, -0.2) is 24.6 Å². The predicted molar refractivity (Wildman–Crippen MR) is 124 cm³/mol. The van der Waals surface area contributed by atoms with Crippen molar-refractivity contribution in [2.24, 2.45) is 0 Å². The van der Waals surface area contributed by atoms with Gasteiger partial charge in [-0.25, -0.2) is 0 Å². The second-order valence-electron chi connectivity index (χ2n) is 7.34. The highest BCUT2D eigenvalue weighted by Crippen LogP contribution is 2.34. The normalized spacial score (nSPS) is 12.3. The summed E-state index contributed by atoms with van der Waals surface area (Å²) in [6, 6.07) is 24.0. The number of non-ortho nitro benzene ring substituents is 1. The molecule has 0 amide bonds. The first kappa shape index (κ1) is 20.7. The molecular weight excluding hydrogens is 440 g/mol. The summed E-state index contributed by atoms with van der Waals surface area (Å²) in [5, 5.41) is 27.0. The number of aromatic nitrogens is 3. The summed E-state index contributed by atoms with van der Waals surface area (Å²) in [6.07, 6.45) is 1.63. The van der Waals surface area contributed by atoms with Gasteiger partial charge in [0.1, 0.15) is 0 Å². The predicted octanol–water partition coefficient (Wildman–Crippen LogP) is 2.89. The third kappa shape index (κ3) is 3.59. The van der Waals surface area contributed by atoms with Gasteiger partial charge in [-0.3, -0.25) is 14.9 Å². The van der Waals surface area contributed by atoms with Crippen LogP contribution in [0.2, 0.25) is 0 Å². The number of aliphatic hydroxyl groups is 1. The van der Waals surface area contributed by atoms with Crippen LogP contribution in [0.1, 0.15) is 22.5 Å². The Kier molecular flexibility index (Phi) is 5.04. The maximum absolute atomic E-state index is 13.0. The Morgan fingerprint density at radius 1 is 0.939 bits per heavy atom. The topological polar surface area (TPSA) is 111 Å². The molecule has 5 rings (SSSR count). The summed E-state index contributed by atoms with van der Waals surface area (Å²) < 4.78 is 1.56. The number of fused-ring (bicyclic) bond motifs is 1. The lowest BCUT2D eigenvalue weighted by atomic mass is 9.86. The van der Waals surface area contributed by atoms with Gasteiger partial charge >= 0.3 is 0 Å². The van der Waals surface area contributed by atoms with Crippen LogP contribution in [0.15, 0.2) is 89.7 Å². The molecule has 8 nitrogen and oxygen atoms in total. The first-order valence-corrected chi connectivity index (χ1v) is 10.8. The highest BCUT2D eigenvalue weighted by molar-refractivity contribution is 7.15. The molecule has 0 aliphatic rings. The summed E-state index contributed by atoms with van der Waals surface area (Å²) in [7, 11) is 0. The first-order chi connectivity index (χ1) is 16.0. The molecule has 0 aliphatic carbocycles. The molecule has 0 aliphatic heterocycles. The number of nitrogens with zero attached hydrogens (tertiary/aromatic N) is 4. The smallest absolute Gasteiger partial charge is 0.291 e. The second kappa shape index (κ2) is 8.05. The third-order valence-corrected chi connectivity index (χ3v) is 6.25. The molecule has 0 unspecified atom stereocenters. The van der Waals surface area contributed by atoms with Gasteiger partial charge in [0.15, 0.2) is 11.4 Å². The van der Waals surface area contributed by atoms with Crippen LogP contribution >= 0.6 is 11.3 Å². The molecular formula is C24H16N4O4S. The van der Waals surface area contributed by atoms with Gasteiger partial charge in [-0.2, -0.15) is 9.50 Å². The van der Waals surface area contributed by atoms with E-state index in [9.17, 15) is 20.0 Å². The Morgan fingerprint density at radius 2 is 1.52 bits per heavy atom. The van der Waals surface area contributed by atoms with Crippen molar-refractivity contribution in [3.63, 3.8) is 0 Å². The number of hydrogen-bond donors (Lipinski definition) is 1. The molecule has 5 aromatic rings. The summed E-state index contributed by atoms with van der Waals surface area (Å²) in [6.45, 7) is 0. The highest BCUT2D eigenvalue weighted by Gasteiger charge is 2.38. The largest absolute Gasteiger partial charge is 0.373 e. The molecule has 33 heavy (non-hydrogen) atoms. The van der Waals surface area contributed by atoms with Crippen LogP contribution in [0.4, 0.5) is 5.69 Å². The van der Waals surface area contributed by atoms with Crippen LogP contribution < -0.4 is 10.1 Å². The fourth-order valence-corrected chi connectivity index (χ4v) is 4.52. The fourth-order valence-electron chi connectivity index (χ4n) is 3.61. The quantitative estimate of drug-likeness (QED) is 0.322. The maximum atomic E-state index is 13.0. The fraction of sp³-hybridized carbons (Fsp3) is 0.0417. The number of nitro benzene ring substituents is 1. The molecule has 2 heterocycles. The van der Waals surface area contributed by atoms with Gasteiger partial charge in [0.25, 0.3) is 11.2 Å². The minimum atomic E-state index is -1.64. The maximum Gasteiger partial charge on any atom is 0.291 e. The second-order valence-corrected chi connectivity index (χ2v) is 8.35. The van der Waals surface area contributed by atoms with Crippen LogP contribution in [0.25, 0.3) is 11.0 Å². The summed E-state index contributed by atoms with van der Waals surface area (Å²) in [5.41, 5.74) is -0.228. The Balaban J connectivity index is 1.62. The van der Waals surface area contributed by atoms with E-state index in [2.05, 4.69) is 10.1 Å². The molecule has 0 radical (unpaired) electrons. The van der Waals surface area contributed by atoms with Gasteiger partial charge in [-0.1, -0.05) is 72.0 Å². The van der Waals surface area contributed by atoms with Gasteiger partial charge in [0.05, 0.1) is 9.46 Å². The summed E-state index contributed by atoms with van der Waals surface area (Å²) >= 11 is 1.13. The zero-order valence-corrected chi connectivity index (χ0v) is 17.8. The van der Waals surface area contributed by atoms with E-state index in [1.165, 1.54) is 16.6 Å². The molecule has 1 N–H and O–H groups in total. The zero-order chi connectivity index (χ0) is 23.0. The Hall–Kier alpha value is -4.21. The van der Waals surface area contributed by atoms with Crippen molar-refractivity contribution < 1.29 is 10.0 Å². The monoisotopic (exact) mass is 456 g/mol. The van der Waals surface area contributed by atoms with Gasteiger partial charge in [-0.05, 0) is 34.9 Å². The number of hydrogen-bond acceptors (Lipinski definition) is 7. The van der Waals surface area contributed by atoms with E-state index in [0.29, 0.717) is 26.2 Å². The summed E-state index contributed by atoms with van der Waals surface area (Å²) in [4.78, 5) is 28.2. The molecule has 0 bridgehead atoms. The molecule has 3 aromatic carbocycles. The third-order valence-electron chi connectivity index (χ3n) is 5.29. The van der Waals surface area contributed by atoms with Crippen molar-refractivity contribution in [2.45, 2.75) is 5.60 Å². The molecule has 2 aromatic heterocycles. The Morgan fingerprint density at radius 3 is 2.03 bits per heavy atom. The van der Waals surface area contributed by atoms with Crippen LogP contribution in [0.5, 0.6) is 0 Å². The lowest BCUT2D eigenvalue weighted by Gasteiger charge is -2.26. The number of benzene rings is 3.